The summed E-state index contributed by atoms with van der Waals surface area (Å²) in [5, 5.41) is 20.2. The van der Waals surface area contributed by atoms with Gasteiger partial charge in [0.25, 0.3) is 0 Å². The van der Waals surface area contributed by atoms with E-state index in [1.807, 2.05) is 0 Å². The van der Waals surface area contributed by atoms with E-state index < -0.39 is 6.29 Å². The highest BCUT2D eigenvalue weighted by Crippen LogP contribution is 2.24. The van der Waals surface area contributed by atoms with Crippen LogP contribution < -0.4 is 0 Å². The third-order valence-electron chi connectivity index (χ3n) is 11.6. The van der Waals surface area contributed by atoms with Gasteiger partial charge in [-0.1, -0.05) is 182 Å². The fourth-order valence-electron chi connectivity index (χ4n) is 7.81. The number of aliphatic hydroxyl groups is 2. The molecule has 0 saturated carbocycles. The van der Waals surface area contributed by atoms with E-state index in [1.54, 1.807) is 0 Å². The second kappa shape index (κ2) is 43.4. The van der Waals surface area contributed by atoms with Crippen LogP contribution in [-0.4, -0.2) is 66.8 Å². The van der Waals surface area contributed by atoms with E-state index >= 15 is 0 Å². The van der Waals surface area contributed by atoms with Gasteiger partial charge in [0.15, 0.2) is 6.29 Å². The first-order valence-electron chi connectivity index (χ1n) is 24.3. The Kier molecular flexibility index (Phi) is 42.9. The lowest BCUT2D eigenvalue weighted by Crippen LogP contribution is -2.27. The number of nitrogens with zero attached hydrogens (tertiary/aromatic N) is 1. The molecule has 0 aliphatic rings. The standard InChI is InChI=1S/C48H97NO5/c1-5-9-13-17-19-27-37-45(35-25-15-11-7-3)47(51)53-43-33-23-21-29-39-49(41-31-32-42-50)40-30-22-24-34-44-54-48(52)46(36-26-16-12-8-4)38-28-20-18-14-10-6-2/h45-47,50-51H,5-44H2,1-4H3. The van der Waals surface area contributed by atoms with Gasteiger partial charge in [-0.25, -0.2) is 0 Å². The first-order chi connectivity index (χ1) is 26.5. The molecule has 0 aliphatic heterocycles. The van der Waals surface area contributed by atoms with Crippen LogP contribution in [0, 0.1) is 11.8 Å². The Morgan fingerprint density at radius 1 is 0.463 bits per heavy atom. The van der Waals surface area contributed by atoms with Gasteiger partial charge in [-0.2, -0.15) is 0 Å². The van der Waals surface area contributed by atoms with Crippen LogP contribution in [-0.2, 0) is 14.3 Å². The molecular weight excluding hydrogens is 671 g/mol. The average Bonchev–Trinajstić information content (AvgIpc) is 3.17. The molecule has 0 aliphatic carbocycles. The van der Waals surface area contributed by atoms with Gasteiger partial charge >= 0.3 is 5.97 Å². The van der Waals surface area contributed by atoms with Crippen molar-refractivity contribution in [1.82, 2.24) is 4.90 Å². The minimum atomic E-state index is -0.608. The third kappa shape index (κ3) is 35.7. The quantitative estimate of drug-likeness (QED) is 0.0365. The Labute approximate surface area is 338 Å². The maximum atomic E-state index is 13.0. The molecule has 6 heteroatoms. The average molecular weight is 768 g/mol. The third-order valence-corrected chi connectivity index (χ3v) is 11.6. The highest BCUT2D eigenvalue weighted by atomic mass is 16.6. The first kappa shape index (κ1) is 53.3. The summed E-state index contributed by atoms with van der Waals surface area (Å²) in [4.78, 5) is 15.6. The fraction of sp³-hybridized carbons (Fsp3) is 0.979. The zero-order valence-electron chi connectivity index (χ0n) is 37.1. The van der Waals surface area contributed by atoms with E-state index in [2.05, 4.69) is 32.6 Å². The Bertz CT molecular complexity index is 736. The highest BCUT2D eigenvalue weighted by Gasteiger charge is 2.20. The number of hydrogen-bond donors (Lipinski definition) is 2. The van der Waals surface area contributed by atoms with Crippen molar-refractivity contribution in [3.8, 4) is 0 Å². The molecule has 0 amide bonds. The van der Waals surface area contributed by atoms with Crippen LogP contribution in [0.3, 0.4) is 0 Å². The van der Waals surface area contributed by atoms with E-state index in [-0.39, 0.29) is 24.4 Å². The lowest BCUT2D eigenvalue weighted by molar-refractivity contribution is -0.149. The van der Waals surface area contributed by atoms with Gasteiger partial charge < -0.3 is 24.6 Å². The van der Waals surface area contributed by atoms with Crippen molar-refractivity contribution in [3.63, 3.8) is 0 Å². The second-order valence-electron chi connectivity index (χ2n) is 16.8. The van der Waals surface area contributed by atoms with Crippen LogP contribution in [0.15, 0.2) is 0 Å². The van der Waals surface area contributed by atoms with E-state index in [0.717, 1.165) is 96.7 Å². The van der Waals surface area contributed by atoms with E-state index in [9.17, 15) is 15.0 Å². The molecule has 0 heterocycles. The number of rotatable bonds is 45. The van der Waals surface area contributed by atoms with Gasteiger partial charge in [0.05, 0.1) is 12.5 Å². The smallest absolute Gasteiger partial charge is 0.308 e. The van der Waals surface area contributed by atoms with E-state index in [0.29, 0.717) is 13.2 Å². The molecule has 0 aromatic heterocycles. The first-order valence-corrected chi connectivity index (χ1v) is 24.3. The predicted octanol–water partition coefficient (Wildman–Crippen LogP) is 13.7. The molecular formula is C48H97NO5. The molecule has 0 aromatic rings. The highest BCUT2D eigenvalue weighted by molar-refractivity contribution is 5.72. The molecule has 0 rings (SSSR count). The molecule has 0 bridgehead atoms. The van der Waals surface area contributed by atoms with Gasteiger partial charge in [-0.15, -0.1) is 0 Å². The zero-order chi connectivity index (χ0) is 39.6. The molecule has 0 spiro atoms. The van der Waals surface area contributed by atoms with Crippen molar-refractivity contribution in [2.75, 3.05) is 39.5 Å². The van der Waals surface area contributed by atoms with Crippen molar-refractivity contribution in [3.05, 3.63) is 0 Å². The number of unbranched alkanes of at least 4 members (excludes halogenated alkanes) is 23. The van der Waals surface area contributed by atoms with E-state index in [4.69, 9.17) is 9.47 Å². The van der Waals surface area contributed by atoms with Gasteiger partial charge in [0, 0.05) is 19.1 Å². The summed E-state index contributed by atoms with van der Waals surface area (Å²) in [7, 11) is 0. The van der Waals surface area contributed by atoms with Crippen molar-refractivity contribution >= 4 is 5.97 Å². The summed E-state index contributed by atoms with van der Waals surface area (Å²) in [6.07, 6.45) is 39.8. The Balaban J connectivity index is 4.35. The minimum absolute atomic E-state index is 0.0587. The fourth-order valence-corrected chi connectivity index (χ4v) is 7.81. The number of ether oxygens (including phenoxy) is 2. The Morgan fingerprint density at radius 3 is 1.31 bits per heavy atom. The number of carbonyl (C=O) groups is 1. The van der Waals surface area contributed by atoms with Crippen molar-refractivity contribution in [2.45, 2.75) is 252 Å². The SMILES string of the molecule is CCCCCCCCC(CCCCCC)C(=O)OCCCCCCN(CCCCO)CCCCCCOC(O)C(CCCCCC)CCCCCCCC. The van der Waals surface area contributed by atoms with Gasteiger partial charge in [0.1, 0.15) is 0 Å². The Hall–Kier alpha value is -0.690. The molecule has 3 unspecified atom stereocenters. The lowest BCUT2D eigenvalue weighted by Gasteiger charge is -2.24. The molecule has 0 radical (unpaired) electrons. The molecule has 6 nitrogen and oxygen atoms in total. The van der Waals surface area contributed by atoms with Crippen LogP contribution in [0.4, 0.5) is 0 Å². The van der Waals surface area contributed by atoms with Crippen LogP contribution in [0.5, 0.6) is 0 Å². The number of aliphatic hydroxyl groups excluding tert-OH is 2. The number of hydrogen-bond acceptors (Lipinski definition) is 6. The normalized spacial score (nSPS) is 13.5. The summed E-state index contributed by atoms with van der Waals surface area (Å²) in [6.45, 7) is 13.8. The summed E-state index contributed by atoms with van der Waals surface area (Å²) in [5.41, 5.74) is 0. The largest absolute Gasteiger partial charge is 0.465 e. The molecule has 54 heavy (non-hydrogen) atoms. The number of esters is 1. The van der Waals surface area contributed by atoms with Crippen molar-refractivity contribution in [1.29, 1.82) is 0 Å². The van der Waals surface area contributed by atoms with Gasteiger partial charge in [0.2, 0.25) is 0 Å². The molecule has 3 atom stereocenters. The summed E-state index contributed by atoms with van der Waals surface area (Å²) < 4.78 is 11.8. The minimum Gasteiger partial charge on any atom is -0.465 e. The predicted molar refractivity (Wildman–Crippen MR) is 233 cm³/mol. The topological polar surface area (TPSA) is 79.2 Å². The van der Waals surface area contributed by atoms with Crippen LogP contribution in [0.25, 0.3) is 0 Å². The second-order valence-corrected chi connectivity index (χ2v) is 16.8. The molecule has 324 valence electrons. The van der Waals surface area contributed by atoms with Crippen LogP contribution in [0.1, 0.15) is 246 Å². The van der Waals surface area contributed by atoms with Crippen LogP contribution >= 0.6 is 0 Å². The monoisotopic (exact) mass is 768 g/mol. The maximum absolute atomic E-state index is 13.0. The molecule has 2 N–H and O–H groups in total. The van der Waals surface area contributed by atoms with Crippen molar-refractivity contribution in [2.24, 2.45) is 11.8 Å². The summed E-state index contributed by atoms with van der Waals surface area (Å²) in [6, 6.07) is 0. The molecule has 0 aromatic carbocycles. The van der Waals surface area contributed by atoms with Crippen LogP contribution in [0.2, 0.25) is 0 Å². The molecule has 0 saturated heterocycles. The van der Waals surface area contributed by atoms with Crippen molar-refractivity contribution < 1.29 is 24.5 Å². The van der Waals surface area contributed by atoms with Gasteiger partial charge in [-0.3, -0.25) is 4.79 Å². The molecule has 0 fully saturated rings. The summed E-state index contributed by atoms with van der Waals surface area (Å²) in [5.74, 6) is 0.438. The van der Waals surface area contributed by atoms with E-state index in [1.165, 1.54) is 141 Å². The van der Waals surface area contributed by atoms with Gasteiger partial charge in [-0.05, 0) is 83.8 Å². The Morgan fingerprint density at radius 2 is 0.833 bits per heavy atom. The maximum Gasteiger partial charge on any atom is 0.308 e. The lowest BCUT2D eigenvalue weighted by atomic mass is 9.93. The zero-order valence-corrected chi connectivity index (χ0v) is 37.1. The number of carbonyl (C=O) groups excluding carboxylic acids is 1. The summed E-state index contributed by atoms with van der Waals surface area (Å²) >= 11 is 0.